The van der Waals surface area contributed by atoms with Gasteiger partial charge in [-0.05, 0) is 53.0 Å². The van der Waals surface area contributed by atoms with Gasteiger partial charge in [0.25, 0.3) is 0 Å². The molecule has 0 radical (unpaired) electrons. The van der Waals surface area contributed by atoms with E-state index in [-0.39, 0.29) is 6.61 Å². The van der Waals surface area contributed by atoms with Gasteiger partial charge in [-0.2, -0.15) is 0 Å². The van der Waals surface area contributed by atoms with Gasteiger partial charge in [0.2, 0.25) is 17.7 Å². The van der Waals surface area contributed by atoms with Crippen molar-refractivity contribution in [2.24, 2.45) is 5.92 Å². The van der Waals surface area contributed by atoms with Crippen molar-refractivity contribution in [1.82, 2.24) is 21.3 Å². The molecule has 2 aromatic rings. The fourth-order valence-corrected chi connectivity index (χ4v) is 3.88. The van der Waals surface area contributed by atoms with E-state index in [1.54, 1.807) is 56.3 Å². The number of hydrogen-bond acceptors (Lipinski definition) is 8. The van der Waals surface area contributed by atoms with Crippen molar-refractivity contribution in [2.75, 3.05) is 6.61 Å². The highest BCUT2D eigenvalue weighted by molar-refractivity contribution is 6.00. The number of hydrogen-bond donors (Lipinski definition) is 4. The lowest BCUT2D eigenvalue weighted by molar-refractivity contribution is -0.152. The van der Waals surface area contributed by atoms with Crippen LogP contribution >= 0.6 is 0 Å². The third-order valence-corrected chi connectivity index (χ3v) is 6.80. The van der Waals surface area contributed by atoms with Crippen LogP contribution in [0, 0.1) is 5.92 Å². The lowest BCUT2D eigenvalue weighted by Gasteiger charge is -2.34. The number of ether oxygens (including phenoxy) is 2. The number of esters is 1. The minimum atomic E-state index is -1.54. The molecule has 2 aromatic carbocycles. The van der Waals surface area contributed by atoms with Gasteiger partial charge >= 0.3 is 12.1 Å². The van der Waals surface area contributed by atoms with Gasteiger partial charge in [0.05, 0.1) is 0 Å². The first-order chi connectivity index (χ1) is 20.9. The van der Waals surface area contributed by atoms with Crippen LogP contribution in [0.2, 0.25) is 0 Å². The van der Waals surface area contributed by atoms with Crippen molar-refractivity contribution in [2.45, 2.75) is 84.7 Å². The molecule has 244 valence electrons. The van der Waals surface area contributed by atoms with E-state index in [1.165, 1.54) is 41.5 Å². The largest absolute Gasteiger partial charge is 0.456 e. The summed E-state index contributed by atoms with van der Waals surface area (Å²) in [5.41, 5.74) is -3.35. The number of carbonyl (C=O) groups excluding carboxylic acids is 6. The van der Waals surface area contributed by atoms with Gasteiger partial charge in [-0.1, -0.05) is 74.5 Å². The highest BCUT2D eigenvalue weighted by Gasteiger charge is 2.40. The second-order valence-corrected chi connectivity index (χ2v) is 12.6. The first kappa shape index (κ1) is 36.5. The van der Waals surface area contributed by atoms with Crippen LogP contribution < -0.4 is 21.3 Å². The zero-order chi connectivity index (χ0) is 34.0. The average molecular weight is 625 g/mol. The predicted molar refractivity (Wildman–Crippen MR) is 167 cm³/mol. The van der Waals surface area contributed by atoms with Gasteiger partial charge in [-0.25, -0.2) is 9.59 Å². The van der Waals surface area contributed by atoms with Crippen LogP contribution in [0.3, 0.4) is 0 Å². The first-order valence-corrected chi connectivity index (χ1v) is 14.6. The molecule has 0 aromatic heterocycles. The summed E-state index contributed by atoms with van der Waals surface area (Å²) >= 11 is 0. The van der Waals surface area contributed by atoms with Crippen LogP contribution in [-0.4, -0.2) is 64.8 Å². The van der Waals surface area contributed by atoms with Crippen molar-refractivity contribution in [1.29, 1.82) is 0 Å². The van der Waals surface area contributed by atoms with Crippen molar-refractivity contribution in [3.05, 3.63) is 71.8 Å². The molecular formula is C33H44N4O8. The minimum absolute atomic E-state index is 0.0128. The zero-order valence-electron chi connectivity index (χ0n) is 27.1. The van der Waals surface area contributed by atoms with Crippen molar-refractivity contribution < 1.29 is 38.2 Å². The second kappa shape index (κ2) is 15.3. The Morgan fingerprint density at radius 2 is 1.20 bits per heavy atom. The number of benzene rings is 2. The van der Waals surface area contributed by atoms with Crippen LogP contribution in [0.25, 0.3) is 0 Å². The molecule has 4 amide bonds. The topological polar surface area (TPSA) is 169 Å². The third kappa shape index (κ3) is 11.0. The fraction of sp³-hybridized carbons (Fsp3) is 0.455. The van der Waals surface area contributed by atoms with Gasteiger partial charge in [0.15, 0.2) is 12.4 Å². The Balaban J connectivity index is 1.97. The average Bonchev–Trinajstić information content (AvgIpc) is 2.97. The lowest BCUT2D eigenvalue weighted by Crippen LogP contribution is -2.65. The molecule has 0 unspecified atom stereocenters. The maximum Gasteiger partial charge on any atom is 0.408 e. The molecule has 4 N–H and O–H groups in total. The molecule has 0 fully saturated rings. The van der Waals surface area contributed by atoms with Gasteiger partial charge in [-0.15, -0.1) is 0 Å². The molecule has 45 heavy (non-hydrogen) atoms. The van der Waals surface area contributed by atoms with Gasteiger partial charge in [0, 0.05) is 5.56 Å². The van der Waals surface area contributed by atoms with E-state index in [0.717, 1.165) is 5.56 Å². The van der Waals surface area contributed by atoms with Gasteiger partial charge in [-0.3, -0.25) is 19.2 Å². The number of ketones is 1. The Bertz CT molecular complexity index is 1370. The molecule has 0 aliphatic heterocycles. The number of nitrogens with one attached hydrogen (secondary N) is 4. The molecule has 12 nitrogen and oxygen atoms in total. The molecule has 12 heteroatoms. The molecule has 0 aliphatic carbocycles. The van der Waals surface area contributed by atoms with Crippen LogP contribution in [0.4, 0.5) is 4.79 Å². The Hall–Kier alpha value is -4.74. The highest BCUT2D eigenvalue weighted by atomic mass is 16.5. The van der Waals surface area contributed by atoms with Crippen molar-refractivity contribution >= 4 is 35.6 Å². The second-order valence-electron chi connectivity index (χ2n) is 12.6. The van der Waals surface area contributed by atoms with E-state index in [9.17, 15) is 28.8 Å². The summed E-state index contributed by atoms with van der Waals surface area (Å²) in [5, 5.41) is 10.3. The first-order valence-electron chi connectivity index (χ1n) is 14.6. The molecule has 0 spiro atoms. The van der Waals surface area contributed by atoms with Crippen LogP contribution in [-0.2, 0) is 35.3 Å². The van der Waals surface area contributed by atoms with E-state index in [0.29, 0.717) is 5.56 Å². The highest BCUT2D eigenvalue weighted by Crippen LogP contribution is 2.14. The summed E-state index contributed by atoms with van der Waals surface area (Å²) in [6.07, 6.45) is -0.812. The zero-order valence-corrected chi connectivity index (χ0v) is 27.1. The van der Waals surface area contributed by atoms with E-state index >= 15 is 0 Å². The Morgan fingerprint density at radius 1 is 0.667 bits per heavy atom. The number of rotatable bonds is 14. The number of alkyl carbamates (subject to hydrolysis) is 1. The molecule has 1 atom stereocenters. The molecule has 2 rings (SSSR count). The maximum atomic E-state index is 13.3. The summed E-state index contributed by atoms with van der Waals surface area (Å²) in [7, 11) is 0. The normalized spacial score (nSPS) is 12.4. The Morgan fingerprint density at radius 3 is 1.76 bits per heavy atom. The number of Topliss-reactive ketones (excluding diaryl/α,β-unsaturated/α-hetero) is 1. The van der Waals surface area contributed by atoms with Crippen molar-refractivity contribution in [3.63, 3.8) is 0 Å². The Labute approximate surface area is 264 Å². The summed E-state index contributed by atoms with van der Waals surface area (Å²) in [6, 6.07) is 16.3. The number of amides is 4. The van der Waals surface area contributed by atoms with Crippen LogP contribution in [0.5, 0.6) is 0 Å². The Kier molecular flexibility index (Phi) is 12.4. The molecule has 0 heterocycles. The molecule has 0 aliphatic rings. The summed E-state index contributed by atoms with van der Waals surface area (Å²) in [6.45, 7) is 11.6. The quantitative estimate of drug-likeness (QED) is 0.184. The summed E-state index contributed by atoms with van der Waals surface area (Å²) in [4.78, 5) is 77.0. The summed E-state index contributed by atoms with van der Waals surface area (Å²) in [5.74, 6) is -3.65. The number of carbonyl (C=O) groups is 6. The third-order valence-electron chi connectivity index (χ3n) is 6.80. The monoisotopic (exact) mass is 624 g/mol. The van der Waals surface area contributed by atoms with E-state index < -0.39 is 70.8 Å². The lowest BCUT2D eigenvalue weighted by atomic mass is 9.96. The predicted octanol–water partition coefficient (Wildman–Crippen LogP) is 3.05. The van der Waals surface area contributed by atoms with Gasteiger partial charge < -0.3 is 30.7 Å². The van der Waals surface area contributed by atoms with E-state index in [2.05, 4.69) is 21.3 Å². The van der Waals surface area contributed by atoms with E-state index in [4.69, 9.17) is 9.47 Å². The maximum absolute atomic E-state index is 13.3. The fourth-order valence-electron chi connectivity index (χ4n) is 3.88. The van der Waals surface area contributed by atoms with Gasteiger partial charge in [0.1, 0.15) is 29.3 Å². The van der Waals surface area contributed by atoms with Crippen LogP contribution in [0.1, 0.15) is 71.3 Å². The van der Waals surface area contributed by atoms with Crippen LogP contribution in [0.15, 0.2) is 60.7 Å². The standard InChI is InChI=1S/C33H44N4O8/c1-21(2)25(34-27(40)31(3,4)37-30(43)45-19-22-15-11-9-12-16-22)26(39)35-32(5,6)28(41)36-33(7,8)29(42)44-20-24(38)23-17-13-10-14-18-23/h9-18,21,25H,19-20H2,1-8H3,(H,34,40)(H,35,39)(H,36,41)(H,37,43)/t25-/m0/s1. The smallest absolute Gasteiger partial charge is 0.408 e. The SMILES string of the molecule is CC(C)[C@H](NC(=O)C(C)(C)NC(=O)OCc1ccccc1)C(=O)NC(C)(C)C(=O)NC(C)(C)C(=O)OCC(=O)c1ccccc1. The van der Waals surface area contributed by atoms with E-state index in [1.807, 2.05) is 18.2 Å². The molecule has 0 saturated heterocycles. The molecular weight excluding hydrogens is 580 g/mol. The molecule has 0 bridgehead atoms. The van der Waals surface area contributed by atoms with Crippen molar-refractivity contribution in [3.8, 4) is 0 Å². The molecule has 0 saturated carbocycles. The minimum Gasteiger partial charge on any atom is -0.456 e. The summed E-state index contributed by atoms with van der Waals surface area (Å²) < 4.78 is 10.4.